The molecule has 0 aliphatic rings. The molecule has 9 heteroatoms. The van der Waals surface area contributed by atoms with Gasteiger partial charge in [0.05, 0.1) is 29.6 Å². The lowest BCUT2D eigenvalue weighted by molar-refractivity contribution is -0.563. The summed E-state index contributed by atoms with van der Waals surface area (Å²) in [5, 5.41) is 32.5. The molecule has 2 atom stereocenters. The molecule has 1 rings (SSSR count). The third kappa shape index (κ3) is 4.22. The van der Waals surface area contributed by atoms with Gasteiger partial charge in [-0.15, -0.1) is 0 Å². The van der Waals surface area contributed by atoms with Gasteiger partial charge in [-0.3, -0.25) is 25.0 Å². The number of rotatable bonds is 7. The van der Waals surface area contributed by atoms with E-state index in [2.05, 4.69) is 4.74 Å². The highest BCUT2D eigenvalue weighted by Gasteiger charge is 2.42. The van der Waals surface area contributed by atoms with Crippen molar-refractivity contribution in [2.75, 3.05) is 7.11 Å². The van der Waals surface area contributed by atoms with Crippen molar-refractivity contribution in [1.82, 2.24) is 0 Å². The second-order valence-electron chi connectivity index (χ2n) is 5.66. The van der Waals surface area contributed by atoms with E-state index in [0.717, 1.165) is 7.11 Å². The Hall–Kier alpha value is -2.55. The van der Waals surface area contributed by atoms with E-state index in [-0.39, 0.29) is 17.7 Å². The van der Waals surface area contributed by atoms with Crippen molar-refractivity contribution >= 4 is 11.7 Å². The minimum atomic E-state index is -1.59. The van der Waals surface area contributed by atoms with Crippen LogP contribution in [-0.2, 0) is 9.53 Å². The molecule has 1 N–H and O–H groups in total. The predicted octanol–water partition coefficient (Wildman–Crippen LogP) is 1.86. The Morgan fingerprint density at radius 2 is 1.87 bits per heavy atom. The molecule has 0 aliphatic heterocycles. The summed E-state index contributed by atoms with van der Waals surface area (Å²) in [6.07, 6.45) is -1.93. The van der Waals surface area contributed by atoms with Gasteiger partial charge >= 0.3 is 5.97 Å². The SMILES string of the molecule is COC(=O)C(CC(C)(C)[N+](=O)[O-])C(O)c1ccccc1[N+](=O)[O-]. The van der Waals surface area contributed by atoms with E-state index in [1.165, 1.54) is 38.1 Å². The lowest BCUT2D eigenvalue weighted by Crippen LogP contribution is -2.38. The maximum absolute atomic E-state index is 11.9. The standard InChI is InChI=1S/C14H18N2O7/c1-14(2,16(21)22)8-10(13(18)23-3)12(17)9-6-4-5-7-11(9)15(19)20/h4-7,10,12,17H,8H2,1-3H3. The number of nitrogens with zero attached hydrogens (tertiary/aromatic N) is 2. The average Bonchev–Trinajstić information content (AvgIpc) is 2.51. The number of ether oxygens (including phenoxy) is 1. The zero-order valence-corrected chi connectivity index (χ0v) is 13.0. The van der Waals surface area contributed by atoms with Crippen molar-refractivity contribution in [2.24, 2.45) is 5.92 Å². The summed E-state index contributed by atoms with van der Waals surface area (Å²) in [5.74, 6) is -2.17. The van der Waals surface area contributed by atoms with E-state index >= 15 is 0 Å². The highest BCUT2D eigenvalue weighted by atomic mass is 16.6. The van der Waals surface area contributed by atoms with Gasteiger partial charge in [-0.1, -0.05) is 12.1 Å². The Labute approximate surface area is 132 Å². The number of carbonyl (C=O) groups excluding carboxylic acids is 1. The zero-order valence-electron chi connectivity index (χ0n) is 13.0. The fourth-order valence-corrected chi connectivity index (χ4v) is 2.21. The summed E-state index contributed by atoms with van der Waals surface area (Å²) in [6, 6.07) is 5.38. The molecule has 1 aromatic rings. The molecule has 126 valence electrons. The van der Waals surface area contributed by atoms with Gasteiger partial charge in [0, 0.05) is 31.3 Å². The van der Waals surface area contributed by atoms with Gasteiger partial charge in [0.25, 0.3) is 5.69 Å². The summed E-state index contributed by atoms with van der Waals surface area (Å²) < 4.78 is 4.59. The van der Waals surface area contributed by atoms with Gasteiger partial charge in [-0.2, -0.15) is 0 Å². The molecule has 23 heavy (non-hydrogen) atoms. The monoisotopic (exact) mass is 326 g/mol. The maximum Gasteiger partial charge on any atom is 0.311 e. The Kier molecular flexibility index (Phi) is 5.74. The summed E-state index contributed by atoms with van der Waals surface area (Å²) >= 11 is 0. The van der Waals surface area contributed by atoms with Crippen LogP contribution in [0.25, 0.3) is 0 Å². The number of carbonyl (C=O) groups is 1. The number of para-hydroxylation sites is 1. The number of methoxy groups -OCH3 is 1. The molecule has 0 fully saturated rings. The van der Waals surface area contributed by atoms with Crippen LogP contribution in [-0.4, -0.2) is 33.6 Å². The predicted molar refractivity (Wildman–Crippen MR) is 79.3 cm³/mol. The van der Waals surface area contributed by atoms with Gasteiger partial charge in [0.1, 0.15) is 0 Å². The van der Waals surface area contributed by atoms with Crippen LogP contribution in [0, 0.1) is 26.1 Å². The van der Waals surface area contributed by atoms with E-state index in [4.69, 9.17) is 0 Å². The van der Waals surface area contributed by atoms with Gasteiger partial charge < -0.3 is 9.84 Å². The summed E-state index contributed by atoms with van der Waals surface area (Å²) in [5.41, 5.74) is -1.97. The molecule has 0 saturated carbocycles. The minimum absolute atomic E-state index is 0.0907. The van der Waals surface area contributed by atoms with Crippen molar-refractivity contribution in [2.45, 2.75) is 31.9 Å². The molecular weight excluding hydrogens is 308 g/mol. The van der Waals surface area contributed by atoms with Crippen molar-refractivity contribution in [3.05, 3.63) is 50.1 Å². The molecular formula is C14H18N2O7. The molecule has 0 radical (unpaired) electrons. The van der Waals surface area contributed by atoms with Crippen LogP contribution in [0.15, 0.2) is 24.3 Å². The smallest absolute Gasteiger partial charge is 0.311 e. The molecule has 0 aliphatic carbocycles. The van der Waals surface area contributed by atoms with Crippen LogP contribution in [0.4, 0.5) is 5.69 Å². The Morgan fingerprint density at radius 1 is 1.30 bits per heavy atom. The van der Waals surface area contributed by atoms with Gasteiger partial charge in [0.2, 0.25) is 5.54 Å². The third-order valence-electron chi connectivity index (χ3n) is 3.55. The number of hydrogen-bond acceptors (Lipinski definition) is 7. The van der Waals surface area contributed by atoms with Gasteiger partial charge in [-0.05, 0) is 6.07 Å². The Morgan fingerprint density at radius 3 is 2.35 bits per heavy atom. The van der Waals surface area contributed by atoms with Crippen molar-refractivity contribution in [3.8, 4) is 0 Å². The average molecular weight is 326 g/mol. The molecule has 9 nitrogen and oxygen atoms in total. The van der Waals surface area contributed by atoms with Crippen LogP contribution >= 0.6 is 0 Å². The molecule has 0 spiro atoms. The summed E-state index contributed by atoms with van der Waals surface area (Å²) in [6.45, 7) is 2.60. The molecule has 2 unspecified atom stereocenters. The van der Waals surface area contributed by atoms with Crippen LogP contribution < -0.4 is 0 Å². The van der Waals surface area contributed by atoms with Crippen LogP contribution in [0.1, 0.15) is 31.9 Å². The first-order valence-electron chi connectivity index (χ1n) is 6.75. The highest BCUT2D eigenvalue weighted by Crippen LogP contribution is 2.35. The van der Waals surface area contributed by atoms with E-state index in [1.54, 1.807) is 0 Å². The topological polar surface area (TPSA) is 133 Å². The summed E-state index contributed by atoms with van der Waals surface area (Å²) in [4.78, 5) is 32.8. The number of hydrogen-bond donors (Lipinski definition) is 1. The zero-order chi connectivity index (χ0) is 17.8. The summed E-state index contributed by atoms with van der Waals surface area (Å²) in [7, 11) is 1.08. The first-order chi connectivity index (χ1) is 10.6. The molecule has 0 aromatic heterocycles. The quantitative estimate of drug-likeness (QED) is 0.459. The van der Waals surface area contributed by atoms with E-state index in [0.29, 0.717) is 0 Å². The van der Waals surface area contributed by atoms with Gasteiger partial charge in [0.15, 0.2) is 0 Å². The second kappa shape index (κ2) is 7.14. The van der Waals surface area contributed by atoms with Crippen molar-refractivity contribution in [3.63, 3.8) is 0 Å². The minimum Gasteiger partial charge on any atom is -0.469 e. The Bertz CT molecular complexity index is 615. The van der Waals surface area contributed by atoms with E-state index in [1.807, 2.05) is 0 Å². The fourth-order valence-electron chi connectivity index (χ4n) is 2.21. The van der Waals surface area contributed by atoms with E-state index < -0.39 is 33.4 Å². The maximum atomic E-state index is 11.9. The molecule has 0 saturated heterocycles. The van der Waals surface area contributed by atoms with Crippen LogP contribution in [0.2, 0.25) is 0 Å². The van der Waals surface area contributed by atoms with Crippen molar-refractivity contribution in [1.29, 1.82) is 0 Å². The lowest BCUT2D eigenvalue weighted by Gasteiger charge is -2.25. The van der Waals surface area contributed by atoms with Crippen LogP contribution in [0.5, 0.6) is 0 Å². The number of aliphatic hydroxyl groups is 1. The third-order valence-corrected chi connectivity index (χ3v) is 3.55. The number of nitro benzene ring substituents is 1. The van der Waals surface area contributed by atoms with E-state index in [9.17, 15) is 30.1 Å². The largest absolute Gasteiger partial charge is 0.469 e. The normalized spacial score (nSPS) is 13.9. The molecule has 0 heterocycles. The number of esters is 1. The second-order valence-corrected chi connectivity index (χ2v) is 5.66. The molecule has 0 amide bonds. The number of nitro groups is 2. The first kappa shape index (κ1) is 18.5. The molecule has 1 aromatic carbocycles. The Balaban J connectivity index is 3.26. The highest BCUT2D eigenvalue weighted by molar-refractivity contribution is 5.73. The number of benzene rings is 1. The van der Waals surface area contributed by atoms with Gasteiger partial charge in [-0.25, -0.2) is 0 Å². The van der Waals surface area contributed by atoms with Crippen LogP contribution in [0.3, 0.4) is 0 Å². The first-order valence-corrected chi connectivity index (χ1v) is 6.75. The fraction of sp³-hybridized carbons (Fsp3) is 0.500. The lowest BCUT2D eigenvalue weighted by atomic mass is 9.84. The number of aliphatic hydroxyl groups excluding tert-OH is 1. The molecule has 0 bridgehead atoms. The van der Waals surface area contributed by atoms with Crippen molar-refractivity contribution < 1.29 is 24.5 Å².